The number of aliphatic hydroxyl groups excluding tert-OH is 1. The number of halogens is 3. The molecule has 1 fully saturated rings. The fraction of sp³-hybridized carbons (Fsp3) is 0.316. The summed E-state index contributed by atoms with van der Waals surface area (Å²) in [6.45, 7) is 0. The van der Waals surface area contributed by atoms with Crippen LogP contribution in [-0.4, -0.2) is 37.5 Å². The molecule has 0 bridgehead atoms. The van der Waals surface area contributed by atoms with Crippen LogP contribution >= 0.6 is 0 Å². The van der Waals surface area contributed by atoms with E-state index < -0.39 is 17.5 Å². The van der Waals surface area contributed by atoms with Gasteiger partial charge in [-0.05, 0) is 43.5 Å². The lowest BCUT2D eigenvalue weighted by Crippen LogP contribution is -2.18. The van der Waals surface area contributed by atoms with Gasteiger partial charge in [0.25, 0.3) is 0 Å². The van der Waals surface area contributed by atoms with Crippen molar-refractivity contribution in [2.75, 3.05) is 5.32 Å². The number of pyridine rings is 1. The molecule has 1 saturated carbocycles. The monoisotopic (exact) mass is 390 g/mol. The molecule has 3 aromatic rings. The van der Waals surface area contributed by atoms with Crippen LogP contribution in [-0.2, 0) is 6.18 Å². The predicted molar refractivity (Wildman–Crippen MR) is 96.7 cm³/mol. The number of hydrogen-bond donors (Lipinski definition) is 3. The summed E-state index contributed by atoms with van der Waals surface area (Å²) in [6, 6.07) is 4.48. The van der Waals surface area contributed by atoms with Crippen molar-refractivity contribution in [2.45, 2.75) is 37.6 Å². The summed E-state index contributed by atoms with van der Waals surface area (Å²) in [5, 5.41) is 32.7. The second-order valence-corrected chi connectivity index (χ2v) is 6.86. The largest absolute Gasteiger partial charge is 0.507 e. The predicted octanol–water partition coefficient (Wildman–Crippen LogP) is 3.74. The van der Waals surface area contributed by atoms with Crippen LogP contribution in [0.4, 0.5) is 19.0 Å². The third kappa shape index (κ3) is 3.45. The van der Waals surface area contributed by atoms with Crippen molar-refractivity contribution in [3.8, 4) is 17.0 Å². The maximum absolute atomic E-state index is 12.9. The number of fused-ring (bicyclic) bond motifs is 1. The van der Waals surface area contributed by atoms with Gasteiger partial charge in [-0.3, -0.25) is 4.98 Å². The van der Waals surface area contributed by atoms with Gasteiger partial charge >= 0.3 is 6.18 Å². The first kappa shape index (κ1) is 18.4. The quantitative estimate of drug-likeness (QED) is 0.631. The number of phenols is 1. The maximum atomic E-state index is 12.9. The number of anilines is 1. The molecule has 6 nitrogen and oxygen atoms in total. The van der Waals surface area contributed by atoms with Gasteiger partial charge in [0.2, 0.25) is 0 Å². The second kappa shape index (κ2) is 6.90. The fourth-order valence-electron chi connectivity index (χ4n) is 3.49. The topological polar surface area (TPSA) is 91.2 Å². The number of aliphatic hydroxyl groups is 1. The van der Waals surface area contributed by atoms with Crippen LogP contribution in [0, 0.1) is 0 Å². The minimum Gasteiger partial charge on any atom is -0.507 e. The highest BCUT2D eigenvalue weighted by Gasteiger charge is 2.31. The minimum atomic E-state index is -4.55. The lowest BCUT2D eigenvalue weighted by Gasteiger charge is -2.16. The molecule has 9 heteroatoms. The van der Waals surface area contributed by atoms with Gasteiger partial charge < -0.3 is 15.5 Å². The average Bonchev–Trinajstić information content (AvgIpc) is 3.06. The first-order chi connectivity index (χ1) is 13.3. The third-order valence-electron chi connectivity index (χ3n) is 4.91. The smallest absolute Gasteiger partial charge is 0.416 e. The van der Waals surface area contributed by atoms with Gasteiger partial charge in [0.05, 0.1) is 11.7 Å². The van der Waals surface area contributed by atoms with Crippen molar-refractivity contribution in [1.29, 1.82) is 0 Å². The summed E-state index contributed by atoms with van der Waals surface area (Å²) >= 11 is 0. The lowest BCUT2D eigenvalue weighted by atomic mass is 10.0. The highest BCUT2D eigenvalue weighted by Crippen LogP contribution is 2.38. The first-order valence-corrected chi connectivity index (χ1v) is 8.78. The second-order valence-electron chi connectivity index (χ2n) is 6.86. The summed E-state index contributed by atoms with van der Waals surface area (Å²) in [7, 11) is 0. The first-order valence-electron chi connectivity index (χ1n) is 8.78. The Bertz CT molecular complexity index is 1030. The number of alkyl halides is 3. The number of aromatic hydroxyl groups is 1. The van der Waals surface area contributed by atoms with E-state index in [0.717, 1.165) is 12.5 Å². The molecule has 0 unspecified atom stereocenters. The molecule has 1 aromatic carbocycles. The number of nitrogens with one attached hydrogen (secondary N) is 1. The average molecular weight is 390 g/mol. The molecular formula is C19H17F3N4O2. The fourth-order valence-corrected chi connectivity index (χ4v) is 3.49. The van der Waals surface area contributed by atoms with Crippen molar-refractivity contribution in [3.63, 3.8) is 0 Å². The van der Waals surface area contributed by atoms with Crippen LogP contribution < -0.4 is 5.32 Å². The van der Waals surface area contributed by atoms with E-state index in [2.05, 4.69) is 20.5 Å². The van der Waals surface area contributed by atoms with Gasteiger partial charge in [0.1, 0.15) is 11.4 Å². The third-order valence-corrected chi connectivity index (χ3v) is 4.91. The Morgan fingerprint density at radius 1 is 1.07 bits per heavy atom. The summed E-state index contributed by atoms with van der Waals surface area (Å²) < 4.78 is 38.6. The SMILES string of the molecule is Oc1cc(C(F)(F)F)ccc1-c1nnc(N[C@@H]2CC[C@H](O)C2)c2cnccc12. The Balaban J connectivity index is 1.76. The Morgan fingerprint density at radius 3 is 2.57 bits per heavy atom. The van der Waals surface area contributed by atoms with Crippen LogP contribution in [0.25, 0.3) is 22.0 Å². The number of phenolic OH excluding ortho intramolecular Hbond substituents is 1. The number of aromatic nitrogens is 3. The summed E-state index contributed by atoms with van der Waals surface area (Å²) in [4.78, 5) is 4.10. The van der Waals surface area contributed by atoms with Gasteiger partial charge in [-0.15, -0.1) is 10.2 Å². The van der Waals surface area contributed by atoms with E-state index in [1.807, 2.05) is 0 Å². The number of rotatable bonds is 3. The van der Waals surface area contributed by atoms with Crippen LogP contribution in [0.2, 0.25) is 0 Å². The maximum Gasteiger partial charge on any atom is 0.416 e. The van der Waals surface area contributed by atoms with Gasteiger partial charge in [0.15, 0.2) is 5.82 Å². The molecular weight excluding hydrogens is 373 g/mol. The molecule has 0 radical (unpaired) electrons. The van der Waals surface area contributed by atoms with Crippen molar-refractivity contribution in [2.24, 2.45) is 0 Å². The molecule has 28 heavy (non-hydrogen) atoms. The number of hydrogen-bond acceptors (Lipinski definition) is 6. The Hall–Kier alpha value is -2.94. The molecule has 1 aliphatic carbocycles. The molecule has 3 N–H and O–H groups in total. The summed E-state index contributed by atoms with van der Waals surface area (Å²) in [6.07, 6.45) is 0.335. The lowest BCUT2D eigenvalue weighted by molar-refractivity contribution is -0.137. The molecule has 2 atom stereocenters. The molecule has 0 saturated heterocycles. The van der Waals surface area contributed by atoms with Crippen LogP contribution in [0.15, 0.2) is 36.7 Å². The van der Waals surface area contributed by atoms with Gasteiger partial charge in [-0.25, -0.2) is 0 Å². The van der Waals surface area contributed by atoms with Gasteiger partial charge in [-0.2, -0.15) is 13.2 Å². The van der Waals surface area contributed by atoms with Crippen molar-refractivity contribution in [3.05, 3.63) is 42.2 Å². The zero-order chi connectivity index (χ0) is 19.9. The molecule has 4 rings (SSSR count). The van der Waals surface area contributed by atoms with Crippen molar-refractivity contribution >= 4 is 16.6 Å². The van der Waals surface area contributed by atoms with E-state index in [1.54, 1.807) is 12.3 Å². The van der Waals surface area contributed by atoms with Gasteiger partial charge in [0, 0.05) is 34.8 Å². The zero-order valence-corrected chi connectivity index (χ0v) is 14.6. The summed E-state index contributed by atoms with van der Waals surface area (Å²) in [5.41, 5.74) is -0.522. The van der Waals surface area contributed by atoms with E-state index in [-0.39, 0.29) is 23.4 Å². The molecule has 0 aliphatic heterocycles. The standard InChI is InChI=1S/C19H17F3N4O2/c20-19(21,22)10-1-4-14(16(28)7-10)17-13-5-6-23-9-15(13)18(26-25-17)24-11-2-3-12(27)8-11/h1,4-7,9,11-12,27-28H,2-3,8H2,(H,24,26)/t11-,12+/m1/s1. The van der Waals surface area contributed by atoms with Crippen molar-refractivity contribution < 1.29 is 23.4 Å². The van der Waals surface area contributed by atoms with E-state index in [0.29, 0.717) is 35.5 Å². The van der Waals surface area contributed by atoms with Crippen LogP contribution in [0.1, 0.15) is 24.8 Å². The van der Waals surface area contributed by atoms with E-state index in [4.69, 9.17) is 0 Å². The Morgan fingerprint density at radius 2 is 1.89 bits per heavy atom. The van der Waals surface area contributed by atoms with Gasteiger partial charge in [-0.1, -0.05) is 0 Å². The molecule has 2 aromatic heterocycles. The molecule has 0 spiro atoms. The molecule has 146 valence electrons. The highest BCUT2D eigenvalue weighted by atomic mass is 19.4. The Labute approximate surface area is 158 Å². The highest BCUT2D eigenvalue weighted by molar-refractivity contribution is 6.00. The van der Waals surface area contributed by atoms with E-state index in [9.17, 15) is 23.4 Å². The normalized spacial score (nSPS) is 19.9. The van der Waals surface area contributed by atoms with E-state index in [1.165, 1.54) is 12.3 Å². The number of benzene rings is 1. The molecule has 0 amide bonds. The Kier molecular flexibility index (Phi) is 4.54. The molecule has 1 aliphatic rings. The van der Waals surface area contributed by atoms with E-state index >= 15 is 0 Å². The van der Waals surface area contributed by atoms with Crippen LogP contribution in [0.5, 0.6) is 5.75 Å². The van der Waals surface area contributed by atoms with Crippen molar-refractivity contribution in [1.82, 2.24) is 15.2 Å². The van der Waals surface area contributed by atoms with Crippen LogP contribution in [0.3, 0.4) is 0 Å². The number of nitrogens with zero attached hydrogens (tertiary/aromatic N) is 3. The molecule has 2 heterocycles. The summed E-state index contributed by atoms with van der Waals surface area (Å²) in [5.74, 6) is -0.0424. The zero-order valence-electron chi connectivity index (χ0n) is 14.6. The minimum absolute atomic E-state index is 0.0537.